The van der Waals surface area contributed by atoms with E-state index < -0.39 is 23.2 Å². The molecular formula is C13H17FN2O3. The van der Waals surface area contributed by atoms with Gasteiger partial charge in [-0.05, 0) is 31.0 Å². The summed E-state index contributed by atoms with van der Waals surface area (Å²) in [5.74, 6) is -2.42. The molecule has 0 saturated carbocycles. The van der Waals surface area contributed by atoms with E-state index in [1.54, 1.807) is 13.8 Å². The number of halogens is 1. The highest BCUT2D eigenvalue weighted by Crippen LogP contribution is 2.20. The first-order chi connectivity index (χ1) is 8.84. The van der Waals surface area contributed by atoms with E-state index in [1.807, 2.05) is 0 Å². The number of nitrogens with one attached hydrogen (secondary N) is 1. The molecule has 0 unspecified atom stereocenters. The molecule has 104 valence electrons. The standard InChI is InChI=1S/C13H17FN2O3/c1-3-13(15,4-2)12(19)16-10-7-8(11(17)18)5-6-9(10)14/h5-7H,3-4,15H2,1-2H3,(H,16,19)(H,17,18). The van der Waals surface area contributed by atoms with Crippen molar-refractivity contribution in [1.29, 1.82) is 0 Å². The minimum Gasteiger partial charge on any atom is -0.478 e. The predicted octanol–water partition coefficient (Wildman–Crippen LogP) is 1.98. The third-order valence-corrected chi connectivity index (χ3v) is 3.18. The van der Waals surface area contributed by atoms with Gasteiger partial charge in [-0.25, -0.2) is 9.18 Å². The smallest absolute Gasteiger partial charge is 0.335 e. The van der Waals surface area contributed by atoms with Crippen molar-refractivity contribution < 1.29 is 19.1 Å². The maximum Gasteiger partial charge on any atom is 0.335 e. The minimum absolute atomic E-state index is 0.104. The molecular weight excluding hydrogens is 251 g/mol. The molecule has 1 aromatic rings. The van der Waals surface area contributed by atoms with Crippen molar-refractivity contribution in [3.63, 3.8) is 0 Å². The SMILES string of the molecule is CCC(N)(CC)C(=O)Nc1cc(C(=O)O)ccc1F. The third kappa shape index (κ3) is 3.29. The van der Waals surface area contributed by atoms with E-state index in [4.69, 9.17) is 10.8 Å². The van der Waals surface area contributed by atoms with Gasteiger partial charge in [0.2, 0.25) is 5.91 Å². The summed E-state index contributed by atoms with van der Waals surface area (Å²) in [5, 5.41) is 11.2. The fraction of sp³-hybridized carbons (Fsp3) is 0.385. The van der Waals surface area contributed by atoms with Crippen LogP contribution in [0.5, 0.6) is 0 Å². The topological polar surface area (TPSA) is 92.4 Å². The average molecular weight is 268 g/mol. The number of nitrogens with two attached hydrogens (primary N) is 1. The highest BCUT2D eigenvalue weighted by molar-refractivity contribution is 5.99. The summed E-state index contributed by atoms with van der Waals surface area (Å²) in [7, 11) is 0. The van der Waals surface area contributed by atoms with Gasteiger partial charge in [0.1, 0.15) is 5.82 Å². The van der Waals surface area contributed by atoms with Crippen molar-refractivity contribution >= 4 is 17.6 Å². The maximum absolute atomic E-state index is 13.5. The van der Waals surface area contributed by atoms with Crippen LogP contribution in [-0.4, -0.2) is 22.5 Å². The molecule has 0 atom stereocenters. The van der Waals surface area contributed by atoms with Crippen LogP contribution >= 0.6 is 0 Å². The Hall–Kier alpha value is -1.95. The third-order valence-electron chi connectivity index (χ3n) is 3.18. The molecule has 19 heavy (non-hydrogen) atoms. The molecule has 0 saturated heterocycles. The van der Waals surface area contributed by atoms with Gasteiger partial charge in [-0.1, -0.05) is 13.8 Å². The summed E-state index contributed by atoms with van der Waals surface area (Å²) < 4.78 is 13.5. The Balaban J connectivity index is 3.02. The van der Waals surface area contributed by atoms with Crippen LogP contribution in [-0.2, 0) is 4.79 Å². The number of hydrogen-bond donors (Lipinski definition) is 3. The van der Waals surface area contributed by atoms with Crippen molar-refractivity contribution in [2.24, 2.45) is 5.73 Å². The molecule has 6 heteroatoms. The van der Waals surface area contributed by atoms with Crippen LogP contribution in [0, 0.1) is 5.82 Å². The predicted molar refractivity (Wildman–Crippen MR) is 69.5 cm³/mol. The summed E-state index contributed by atoms with van der Waals surface area (Å²) in [6.45, 7) is 3.51. The molecule has 0 spiro atoms. The van der Waals surface area contributed by atoms with E-state index in [0.717, 1.165) is 18.2 Å². The zero-order valence-corrected chi connectivity index (χ0v) is 10.9. The molecule has 1 amide bonds. The lowest BCUT2D eigenvalue weighted by molar-refractivity contribution is -0.121. The van der Waals surface area contributed by atoms with Crippen LogP contribution in [0.3, 0.4) is 0 Å². The number of hydrogen-bond acceptors (Lipinski definition) is 3. The van der Waals surface area contributed by atoms with E-state index in [-0.39, 0.29) is 11.3 Å². The van der Waals surface area contributed by atoms with Gasteiger partial charge in [0.25, 0.3) is 0 Å². The van der Waals surface area contributed by atoms with E-state index in [0.29, 0.717) is 12.8 Å². The number of anilines is 1. The largest absolute Gasteiger partial charge is 0.478 e. The number of aromatic carboxylic acids is 1. The van der Waals surface area contributed by atoms with Crippen LogP contribution in [0.15, 0.2) is 18.2 Å². The molecule has 0 aliphatic heterocycles. The number of carboxylic acid groups (broad SMARTS) is 1. The lowest BCUT2D eigenvalue weighted by Gasteiger charge is -2.25. The second-order valence-electron chi connectivity index (χ2n) is 4.32. The van der Waals surface area contributed by atoms with E-state index in [1.165, 1.54) is 0 Å². The number of benzene rings is 1. The first kappa shape index (κ1) is 15.1. The number of amides is 1. The summed E-state index contributed by atoms with van der Waals surface area (Å²) in [6.07, 6.45) is 0.797. The number of rotatable bonds is 5. The molecule has 0 heterocycles. The average Bonchev–Trinajstić information content (AvgIpc) is 2.39. The van der Waals surface area contributed by atoms with E-state index >= 15 is 0 Å². The second kappa shape index (κ2) is 5.79. The Morgan fingerprint density at radius 1 is 1.37 bits per heavy atom. The van der Waals surface area contributed by atoms with Gasteiger partial charge in [0, 0.05) is 0 Å². The van der Waals surface area contributed by atoms with Gasteiger partial charge in [-0.15, -0.1) is 0 Å². The van der Waals surface area contributed by atoms with Crippen molar-refractivity contribution in [1.82, 2.24) is 0 Å². The lowest BCUT2D eigenvalue weighted by atomic mass is 9.93. The van der Waals surface area contributed by atoms with Gasteiger partial charge < -0.3 is 16.2 Å². The Bertz CT molecular complexity index is 499. The van der Waals surface area contributed by atoms with Crippen molar-refractivity contribution in [2.75, 3.05) is 5.32 Å². The highest BCUT2D eigenvalue weighted by atomic mass is 19.1. The molecule has 0 bridgehead atoms. The molecule has 1 rings (SSSR count). The van der Waals surface area contributed by atoms with Crippen LogP contribution in [0.4, 0.5) is 10.1 Å². The molecule has 0 aliphatic rings. The fourth-order valence-electron chi connectivity index (χ4n) is 1.57. The summed E-state index contributed by atoms with van der Waals surface area (Å²) >= 11 is 0. The fourth-order valence-corrected chi connectivity index (χ4v) is 1.57. The normalized spacial score (nSPS) is 11.2. The monoisotopic (exact) mass is 268 g/mol. The van der Waals surface area contributed by atoms with Crippen molar-refractivity contribution in [3.8, 4) is 0 Å². The Labute approximate surface area is 110 Å². The van der Waals surface area contributed by atoms with E-state index in [2.05, 4.69) is 5.32 Å². The van der Waals surface area contributed by atoms with E-state index in [9.17, 15) is 14.0 Å². The van der Waals surface area contributed by atoms with Crippen molar-refractivity contribution in [3.05, 3.63) is 29.6 Å². The Morgan fingerprint density at radius 3 is 2.42 bits per heavy atom. The maximum atomic E-state index is 13.5. The number of carbonyl (C=O) groups is 2. The van der Waals surface area contributed by atoms with Gasteiger partial charge >= 0.3 is 5.97 Å². The first-order valence-electron chi connectivity index (χ1n) is 5.97. The minimum atomic E-state index is -1.19. The van der Waals surface area contributed by atoms with Gasteiger partial charge in [0.05, 0.1) is 16.8 Å². The molecule has 0 radical (unpaired) electrons. The van der Waals surface area contributed by atoms with Crippen LogP contribution in [0.25, 0.3) is 0 Å². The van der Waals surface area contributed by atoms with Crippen LogP contribution in [0.1, 0.15) is 37.0 Å². The van der Waals surface area contributed by atoms with Crippen LogP contribution < -0.4 is 11.1 Å². The molecule has 0 fully saturated rings. The second-order valence-corrected chi connectivity index (χ2v) is 4.32. The summed E-state index contributed by atoms with van der Waals surface area (Å²) in [4.78, 5) is 22.8. The zero-order valence-electron chi connectivity index (χ0n) is 10.9. The Kier molecular flexibility index (Phi) is 4.61. The molecule has 5 nitrogen and oxygen atoms in total. The Morgan fingerprint density at radius 2 is 1.95 bits per heavy atom. The van der Waals surface area contributed by atoms with Gasteiger partial charge in [0.15, 0.2) is 0 Å². The first-order valence-corrected chi connectivity index (χ1v) is 5.97. The quantitative estimate of drug-likeness (QED) is 0.761. The van der Waals surface area contributed by atoms with Crippen LogP contribution in [0.2, 0.25) is 0 Å². The molecule has 0 aromatic heterocycles. The highest BCUT2D eigenvalue weighted by Gasteiger charge is 2.30. The molecule has 1 aromatic carbocycles. The molecule has 0 aliphatic carbocycles. The number of carbonyl (C=O) groups excluding carboxylic acids is 1. The zero-order chi connectivity index (χ0) is 14.6. The molecule has 4 N–H and O–H groups in total. The van der Waals surface area contributed by atoms with Crippen molar-refractivity contribution in [2.45, 2.75) is 32.2 Å². The summed E-state index contributed by atoms with van der Waals surface area (Å²) in [5.41, 5.74) is 4.51. The summed E-state index contributed by atoms with van der Waals surface area (Å²) in [6, 6.07) is 3.19. The van der Waals surface area contributed by atoms with Gasteiger partial charge in [-0.2, -0.15) is 0 Å². The number of carboxylic acids is 1. The lowest BCUT2D eigenvalue weighted by Crippen LogP contribution is -2.50. The van der Waals surface area contributed by atoms with Gasteiger partial charge in [-0.3, -0.25) is 4.79 Å².